The number of morpholine rings is 1. The minimum atomic E-state index is -0.347. The van der Waals surface area contributed by atoms with Gasteiger partial charge in [0.2, 0.25) is 5.91 Å². The zero-order valence-corrected chi connectivity index (χ0v) is 17.0. The van der Waals surface area contributed by atoms with Gasteiger partial charge in [-0.05, 0) is 32.6 Å². The Hall–Kier alpha value is -0.0700. The highest BCUT2D eigenvalue weighted by molar-refractivity contribution is 5.85. The van der Waals surface area contributed by atoms with E-state index in [1.165, 1.54) is 0 Å². The first-order chi connectivity index (χ1) is 10.6. The quantitative estimate of drug-likeness (QED) is 0.790. The molecule has 1 atom stereocenters. The van der Waals surface area contributed by atoms with Gasteiger partial charge in [-0.15, -0.1) is 24.8 Å². The van der Waals surface area contributed by atoms with Crippen LogP contribution in [0, 0.1) is 5.41 Å². The molecule has 5 nitrogen and oxygen atoms in total. The number of hydrogen-bond acceptors (Lipinski definition) is 4. The molecule has 2 aliphatic rings. The van der Waals surface area contributed by atoms with E-state index in [4.69, 9.17) is 10.5 Å². The Kier molecular flexibility index (Phi) is 10.8. The number of ether oxygens (including phenoxy) is 1. The van der Waals surface area contributed by atoms with Crippen LogP contribution in [0.3, 0.4) is 0 Å². The maximum Gasteiger partial charge on any atom is 0.230 e. The van der Waals surface area contributed by atoms with Gasteiger partial charge in [0.1, 0.15) is 0 Å². The molecule has 0 aromatic carbocycles. The van der Waals surface area contributed by atoms with E-state index >= 15 is 0 Å². The Morgan fingerprint density at radius 3 is 2.21 bits per heavy atom. The fourth-order valence-corrected chi connectivity index (χ4v) is 3.87. The molecule has 1 unspecified atom stereocenters. The molecule has 24 heavy (non-hydrogen) atoms. The lowest BCUT2D eigenvalue weighted by Crippen LogP contribution is -2.54. The first-order valence-corrected chi connectivity index (χ1v) is 8.91. The number of halogens is 2. The Balaban J connectivity index is 0.00000264. The Bertz CT molecular complexity index is 365. The van der Waals surface area contributed by atoms with Crippen LogP contribution in [-0.4, -0.2) is 67.2 Å². The molecule has 2 fully saturated rings. The minimum absolute atomic E-state index is 0. The van der Waals surface area contributed by atoms with E-state index in [2.05, 4.69) is 30.6 Å². The van der Waals surface area contributed by atoms with Crippen molar-refractivity contribution in [3.05, 3.63) is 0 Å². The number of hydrogen-bond donors (Lipinski definition) is 1. The standard InChI is InChI=1S/C17H33N3O2.2ClH/c1-4-17(5-2,13-18)16(21)19-8-6-15(7-9-19)20-10-11-22-14(3)12-20;;/h14-15H,4-13,18H2,1-3H3;2*1H. The van der Waals surface area contributed by atoms with Crippen LogP contribution in [0.1, 0.15) is 46.5 Å². The van der Waals surface area contributed by atoms with Crippen molar-refractivity contribution in [3.8, 4) is 0 Å². The normalized spacial score (nSPS) is 23.3. The van der Waals surface area contributed by atoms with E-state index in [0.717, 1.165) is 58.5 Å². The summed E-state index contributed by atoms with van der Waals surface area (Å²) in [4.78, 5) is 17.5. The van der Waals surface area contributed by atoms with Crippen LogP contribution in [0.2, 0.25) is 0 Å². The number of nitrogens with two attached hydrogens (primary N) is 1. The molecule has 0 aliphatic carbocycles. The molecule has 1 amide bonds. The van der Waals surface area contributed by atoms with Crippen molar-refractivity contribution in [2.24, 2.45) is 11.1 Å². The first kappa shape index (κ1) is 23.9. The highest BCUT2D eigenvalue weighted by Gasteiger charge is 2.38. The van der Waals surface area contributed by atoms with Crippen LogP contribution in [0.5, 0.6) is 0 Å². The van der Waals surface area contributed by atoms with Gasteiger partial charge in [0.05, 0.1) is 18.1 Å². The van der Waals surface area contributed by atoms with Crippen LogP contribution < -0.4 is 5.73 Å². The summed E-state index contributed by atoms with van der Waals surface area (Å²) in [7, 11) is 0. The topological polar surface area (TPSA) is 58.8 Å². The molecule has 2 rings (SSSR count). The predicted octanol–water partition coefficient (Wildman–Crippen LogP) is 2.31. The van der Waals surface area contributed by atoms with Gasteiger partial charge >= 0.3 is 0 Å². The second-order valence-corrected chi connectivity index (χ2v) is 6.89. The van der Waals surface area contributed by atoms with Gasteiger partial charge in [-0.1, -0.05) is 13.8 Å². The molecule has 0 radical (unpaired) electrons. The Morgan fingerprint density at radius 2 is 1.75 bits per heavy atom. The Labute approximate surface area is 159 Å². The minimum Gasteiger partial charge on any atom is -0.376 e. The van der Waals surface area contributed by atoms with E-state index < -0.39 is 0 Å². The second-order valence-electron chi connectivity index (χ2n) is 6.89. The fraction of sp³-hybridized carbons (Fsp3) is 0.941. The number of carbonyl (C=O) groups is 1. The summed E-state index contributed by atoms with van der Waals surface area (Å²) in [6.07, 6.45) is 4.15. The van der Waals surface area contributed by atoms with Gasteiger partial charge < -0.3 is 15.4 Å². The van der Waals surface area contributed by atoms with Crippen LogP contribution in [-0.2, 0) is 9.53 Å². The predicted molar refractivity (Wildman–Crippen MR) is 103 cm³/mol. The van der Waals surface area contributed by atoms with Gasteiger partial charge in [0.25, 0.3) is 0 Å². The van der Waals surface area contributed by atoms with Crippen molar-refractivity contribution in [1.29, 1.82) is 0 Å². The summed E-state index contributed by atoms with van der Waals surface area (Å²) in [5.74, 6) is 0.272. The average molecular weight is 384 g/mol. The average Bonchev–Trinajstić information content (AvgIpc) is 2.57. The smallest absolute Gasteiger partial charge is 0.230 e. The fourth-order valence-electron chi connectivity index (χ4n) is 3.87. The summed E-state index contributed by atoms with van der Waals surface area (Å²) < 4.78 is 5.63. The van der Waals surface area contributed by atoms with E-state index in [1.807, 2.05) is 0 Å². The van der Waals surface area contributed by atoms with Gasteiger partial charge in [0, 0.05) is 38.8 Å². The third kappa shape index (κ3) is 5.21. The number of nitrogens with zero attached hydrogens (tertiary/aromatic N) is 2. The van der Waals surface area contributed by atoms with Gasteiger partial charge in [-0.25, -0.2) is 0 Å². The molecular weight excluding hydrogens is 349 g/mol. The van der Waals surface area contributed by atoms with Gasteiger partial charge in [-0.2, -0.15) is 0 Å². The lowest BCUT2D eigenvalue weighted by Gasteiger charge is -2.43. The van der Waals surface area contributed by atoms with Crippen LogP contribution in [0.4, 0.5) is 0 Å². The maximum atomic E-state index is 12.9. The van der Waals surface area contributed by atoms with Crippen molar-refractivity contribution in [2.45, 2.75) is 58.6 Å². The van der Waals surface area contributed by atoms with Gasteiger partial charge in [0.15, 0.2) is 0 Å². The summed E-state index contributed by atoms with van der Waals surface area (Å²) in [5, 5.41) is 0. The van der Waals surface area contributed by atoms with Crippen molar-refractivity contribution in [3.63, 3.8) is 0 Å². The summed E-state index contributed by atoms with van der Waals surface area (Å²) >= 11 is 0. The molecule has 0 aromatic heterocycles. The van der Waals surface area contributed by atoms with Crippen LogP contribution >= 0.6 is 24.8 Å². The summed E-state index contributed by atoms with van der Waals surface area (Å²) in [6, 6.07) is 0.603. The first-order valence-electron chi connectivity index (χ1n) is 8.91. The van der Waals surface area contributed by atoms with E-state index in [9.17, 15) is 4.79 Å². The molecule has 0 bridgehead atoms. The monoisotopic (exact) mass is 383 g/mol. The SMILES string of the molecule is CCC(CC)(CN)C(=O)N1CCC(N2CCOC(C)C2)CC1.Cl.Cl. The zero-order chi connectivity index (χ0) is 16.2. The number of rotatable bonds is 5. The molecule has 2 aliphatic heterocycles. The number of piperidine rings is 1. The molecule has 0 aromatic rings. The highest BCUT2D eigenvalue weighted by atomic mass is 35.5. The van der Waals surface area contributed by atoms with Crippen molar-refractivity contribution >= 4 is 30.7 Å². The van der Waals surface area contributed by atoms with Crippen LogP contribution in [0.25, 0.3) is 0 Å². The van der Waals surface area contributed by atoms with Gasteiger partial charge in [-0.3, -0.25) is 9.69 Å². The van der Waals surface area contributed by atoms with Crippen LogP contribution in [0.15, 0.2) is 0 Å². The number of likely N-dealkylation sites (tertiary alicyclic amines) is 1. The molecule has 2 N–H and O–H groups in total. The van der Waals surface area contributed by atoms with Crippen molar-refractivity contribution in [2.75, 3.05) is 39.3 Å². The summed E-state index contributed by atoms with van der Waals surface area (Å²) in [5.41, 5.74) is 5.58. The Morgan fingerprint density at radius 1 is 1.17 bits per heavy atom. The highest BCUT2D eigenvalue weighted by Crippen LogP contribution is 2.30. The molecule has 0 spiro atoms. The van der Waals surface area contributed by atoms with E-state index in [-0.39, 0.29) is 36.1 Å². The molecule has 0 saturated carbocycles. The van der Waals surface area contributed by atoms with Crippen molar-refractivity contribution in [1.82, 2.24) is 9.80 Å². The molecule has 7 heteroatoms. The molecule has 2 saturated heterocycles. The third-order valence-electron chi connectivity index (χ3n) is 5.74. The van der Waals surface area contributed by atoms with E-state index in [1.54, 1.807) is 0 Å². The lowest BCUT2D eigenvalue weighted by atomic mass is 9.80. The third-order valence-corrected chi connectivity index (χ3v) is 5.74. The molecular formula is C17H35Cl2N3O2. The number of amides is 1. The molecule has 144 valence electrons. The largest absolute Gasteiger partial charge is 0.376 e. The van der Waals surface area contributed by atoms with E-state index in [0.29, 0.717) is 18.7 Å². The zero-order valence-electron chi connectivity index (χ0n) is 15.3. The summed E-state index contributed by atoms with van der Waals surface area (Å²) in [6.45, 7) is 11.4. The second kappa shape index (κ2) is 10.8. The number of carbonyl (C=O) groups excluding carboxylic acids is 1. The molecule has 2 heterocycles. The van der Waals surface area contributed by atoms with Crippen molar-refractivity contribution < 1.29 is 9.53 Å². The lowest BCUT2D eigenvalue weighted by molar-refractivity contribution is -0.144. The maximum absolute atomic E-state index is 12.9.